The second kappa shape index (κ2) is 9.24. The molecule has 7 heteroatoms. The molecule has 1 atom stereocenters. The summed E-state index contributed by atoms with van der Waals surface area (Å²) in [6, 6.07) is -0.366. The van der Waals surface area contributed by atoms with E-state index in [0.29, 0.717) is 12.5 Å². The van der Waals surface area contributed by atoms with Crippen LogP contribution in [0, 0.1) is 0 Å². The summed E-state index contributed by atoms with van der Waals surface area (Å²) >= 11 is 0. The molecule has 0 spiro atoms. The molecule has 0 radical (unpaired) electrons. The zero-order valence-electron chi connectivity index (χ0n) is 16.6. The molecule has 27 heavy (non-hydrogen) atoms. The van der Waals surface area contributed by atoms with Crippen LogP contribution in [0.15, 0.2) is 12.4 Å². The number of aryl methyl sites for hydroxylation is 1. The van der Waals surface area contributed by atoms with Gasteiger partial charge in [-0.3, -0.25) is 9.69 Å². The van der Waals surface area contributed by atoms with Crippen molar-refractivity contribution in [1.82, 2.24) is 19.4 Å². The molecule has 7 nitrogen and oxygen atoms in total. The normalized spacial score (nSPS) is 21.3. The van der Waals surface area contributed by atoms with Crippen LogP contribution in [0.1, 0.15) is 63.6 Å². The highest BCUT2D eigenvalue weighted by atomic mass is 16.5. The summed E-state index contributed by atoms with van der Waals surface area (Å²) in [6.07, 6.45) is 10.4. The largest absolute Gasteiger partial charge is 0.453 e. The van der Waals surface area contributed by atoms with Crippen molar-refractivity contribution in [3.05, 3.63) is 18.2 Å². The summed E-state index contributed by atoms with van der Waals surface area (Å²) in [5.41, 5.74) is 0. The Bertz CT molecular complexity index is 637. The van der Waals surface area contributed by atoms with E-state index in [2.05, 4.69) is 22.7 Å². The molecule has 0 aliphatic carbocycles. The molecule has 0 bridgehead atoms. The van der Waals surface area contributed by atoms with Gasteiger partial charge >= 0.3 is 6.09 Å². The molecule has 3 heterocycles. The smallest absolute Gasteiger partial charge is 0.410 e. The lowest BCUT2D eigenvalue weighted by Gasteiger charge is -2.39. The van der Waals surface area contributed by atoms with Crippen molar-refractivity contribution in [1.29, 1.82) is 0 Å². The number of piperidine rings is 2. The van der Waals surface area contributed by atoms with E-state index in [1.54, 1.807) is 4.90 Å². The highest BCUT2D eigenvalue weighted by molar-refractivity contribution is 5.86. The number of hydrogen-bond acceptors (Lipinski definition) is 4. The minimum atomic E-state index is -0.388. The molecule has 1 aromatic rings. The third-order valence-corrected chi connectivity index (χ3v) is 5.87. The number of carbonyl (C=O) groups excluding carboxylic acids is 2. The van der Waals surface area contributed by atoms with Gasteiger partial charge in [0, 0.05) is 44.5 Å². The van der Waals surface area contributed by atoms with Gasteiger partial charge in [0.25, 0.3) is 0 Å². The van der Waals surface area contributed by atoms with Gasteiger partial charge in [-0.15, -0.1) is 0 Å². The molecule has 1 unspecified atom stereocenters. The van der Waals surface area contributed by atoms with Gasteiger partial charge in [-0.25, -0.2) is 9.78 Å². The van der Waals surface area contributed by atoms with E-state index in [9.17, 15) is 9.59 Å². The summed E-state index contributed by atoms with van der Waals surface area (Å²) in [6.45, 7) is 5.28. The Hall–Kier alpha value is -2.05. The topological polar surface area (TPSA) is 67.7 Å². The predicted octanol–water partition coefficient (Wildman–Crippen LogP) is 3.01. The number of rotatable bonds is 5. The van der Waals surface area contributed by atoms with Gasteiger partial charge in [-0.2, -0.15) is 0 Å². The number of likely N-dealkylation sites (tertiary alicyclic amines) is 2. The average molecular weight is 377 g/mol. The van der Waals surface area contributed by atoms with E-state index in [4.69, 9.17) is 4.74 Å². The molecule has 0 N–H and O–H groups in total. The first-order chi connectivity index (χ1) is 13.2. The lowest BCUT2D eigenvalue weighted by atomic mass is 9.94. The second-order valence-corrected chi connectivity index (χ2v) is 7.61. The van der Waals surface area contributed by atoms with Crippen molar-refractivity contribution in [2.24, 2.45) is 0 Å². The maximum absolute atomic E-state index is 13.0. The monoisotopic (exact) mass is 376 g/mol. The van der Waals surface area contributed by atoms with E-state index < -0.39 is 0 Å². The Morgan fingerprint density at radius 2 is 1.96 bits per heavy atom. The van der Waals surface area contributed by atoms with Crippen LogP contribution in [0.5, 0.6) is 0 Å². The minimum Gasteiger partial charge on any atom is -0.453 e. The Kier molecular flexibility index (Phi) is 6.74. The molecule has 2 amide bonds. The summed E-state index contributed by atoms with van der Waals surface area (Å²) in [7, 11) is 1.38. The number of methoxy groups -OCH3 is 1. The highest BCUT2D eigenvalue weighted by Gasteiger charge is 2.37. The van der Waals surface area contributed by atoms with Gasteiger partial charge in [0.15, 0.2) is 0 Å². The van der Waals surface area contributed by atoms with Crippen LogP contribution in [0.3, 0.4) is 0 Å². The number of amides is 2. The van der Waals surface area contributed by atoms with Crippen LogP contribution < -0.4 is 0 Å². The summed E-state index contributed by atoms with van der Waals surface area (Å²) < 4.78 is 7.14. The number of carbonyl (C=O) groups is 2. The number of imidazole rings is 1. The first-order valence-electron chi connectivity index (χ1n) is 10.3. The number of unbranched alkanes of at least 4 members (excludes halogenated alkanes) is 1. The lowest BCUT2D eigenvalue weighted by Crippen LogP contribution is -2.54. The SMILES string of the molecule is CCCCn1ccnc1C1CCN(C(=O)C2CCCCN2C(=O)OC)CC1. The summed E-state index contributed by atoms with van der Waals surface area (Å²) in [4.78, 5) is 33.2. The second-order valence-electron chi connectivity index (χ2n) is 7.61. The third-order valence-electron chi connectivity index (χ3n) is 5.87. The Morgan fingerprint density at radius 1 is 1.19 bits per heavy atom. The summed E-state index contributed by atoms with van der Waals surface area (Å²) in [5.74, 6) is 1.64. The predicted molar refractivity (Wildman–Crippen MR) is 102 cm³/mol. The molecule has 0 saturated carbocycles. The van der Waals surface area contributed by atoms with Crippen LogP contribution in [-0.4, -0.2) is 64.1 Å². The van der Waals surface area contributed by atoms with Crippen molar-refractivity contribution in [2.45, 2.75) is 70.4 Å². The molecule has 2 saturated heterocycles. The molecule has 0 aromatic carbocycles. The molecular weight excluding hydrogens is 344 g/mol. The van der Waals surface area contributed by atoms with E-state index >= 15 is 0 Å². The maximum atomic E-state index is 13.0. The van der Waals surface area contributed by atoms with E-state index in [1.165, 1.54) is 13.5 Å². The van der Waals surface area contributed by atoms with Crippen molar-refractivity contribution in [2.75, 3.05) is 26.7 Å². The fraction of sp³-hybridized carbons (Fsp3) is 0.750. The van der Waals surface area contributed by atoms with E-state index in [0.717, 1.165) is 64.0 Å². The maximum Gasteiger partial charge on any atom is 0.410 e. The van der Waals surface area contributed by atoms with Gasteiger partial charge in [0.05, 0.1) is 7.11 Å². The number of hydrogen-bond donors (Lipinski definition) is 0. The Morgan fingerprint density at radius 3 is 2.67 bits per heavy atom. The fourth-order valence-electron chi connectivity index (χ4n) is 4.29. The standard InChI is InChI=1S/C20H32N4O3/c1-3-4-11-22-15-10-21-18(22)16-8-13-23(14-9-16)19(25)17-7-5-6-12-24(17)20(26)27-2/h10,15-17H,3-9,11-14H2,1-2H3. The first kappa shape index (κ1) is 19.7. The quantitative estimate of drug-likeness (QED) is 0.792. The van der Waals surface area contributed by atoms with Gasteiger partial charge < -0.3 is 14.2 Å². The molecule has 150 valence electrons. The van der Waals surface area contributed by atoms with Crippen molar-refractivity contribution in [3.63, 3.8) is 0 Å². The Labute approximate surface area is 161 Å². The molecule has 2 aliphatic rings. The van der Waals surface area contributed by atoms with Crippen molar-refractivity contribution in [3.8, 4) is 0 Å². The Balaban J connectivity index is 1.59. The summed E-state index contributed by atoms with van der Waals surface area (Å²) in [5, 5.41) is 0. The van der Waals surface area contributed by atoms with E-state index in [1.807, 2.05) is 11.1 Å². The van der Waals surface area contributed by atoms with Crippen LogP contribution in [0.4, 0.5) is 4.79 Å². The van der Waals surface area contributed by atoms with Gasteiger partial charge in [-0.1, -0.05) is 13.3 Å². The van der Waals surface area contributed by atoms with Crippen LogP contribution >= 0.6 is 0 Å². The molecule has 2 fully saturated rings. The van der Waals surface area contributed by atoms with Gasteiger partial charge in [0.1, 0.15) is 11.9 Å². The minimum absolute atomic E-state index is 0.0767. The van der Waals surface area contributed by atoms with Crippen LogP contribution in [0.2, 0.25) is 0 Å². The van der Waals surface area contributed by atoms with E-state index in [-0.39, 0.29) is 18.0 Å². The molecular formula is C20H32N4O3. The van der Waals surface area contributed by atoms with Crippen LogP contribution in [-0.2, 0) is 16.1 Å². The number of nitrogens with zero attached hydrogens (tertiary/aromatic N) is 4. The average Bonchev–Trinajstić information content (AvgIpc) is 3.19. The van der Waals surface area contributed by atoms with Crippen molar-refractivity contribution < 1.29 is 14.3 Å². The van der Waals surface area contributed by atoms with Gasteiger partial charge in [-0.05, 0) is 38.5 Å². The third kappa shape index (κ3) is 4.45. The fourth-order valence-corrected chi connectivity index (χ4v) is 4.29. The molecule has 2 aliphatic heterocycles. The zero-order chi connectivity index (χ0) is 19.2. The van der Waals surface area contributed by atoms with Gasteiger partial charge in [0.2, 0.25) is 5.91 Å². The highest BCUT2D eigenvalue weighted by Crippen LogP contribution is 2.29. The van der Waals surface area contributed by atoms with Crippen LogP contribution in [0.25, 0.3) is 0 Å². The lowest BCUT2D eigenvalue weighted by molar-refractivity contribution is -0.138. The first-order valence-corrected chi connectivity index (χ1v) is 10.3. The molecule has 1 aromatic heterocycles. The molecule has 3 rings (SSSR count). The number of aromatic nitrogens is 2. The van der Waals surface area contributed by atoms with Crippen molar-refractivity contribution >= 4 is 12.0 Å². The zero-order valence-corrected chi connectivity index (χ0v) is 16.6. The number of ether oxygens (including phenoxy) is 1.